The van der Waals surface area contributed by atoms with E-state index in [2.05, 4.69) is 5.32 Å². The van der Waals surface area contributed by atoms with Gasteiger partial charge in [-0.25, -0.2) is 0 Å². The molecule has 5 aromatic rings. The molecular weight excluding hydrogens is 400 g/mol. The number of nitrogens with zero attached hydrogens (tertiary/aromatic N) is 1. The number of rotatable bonds is 4. The van der Waals surface area contributed by atoms with Gasteiger partial charge in [0.15, 0.2) is 0 Å². The van der Waals surface area contributed by atoms with E-state index < -0.39 is 0 Å². The molecule has 0 aliphatic carbocycles. The maximum atomic E-state index is 12.1. The first-order valence-electron chi connectivity index (χ1n) is 9.33. The fourth-order valence-electron chi connectivity index (χ4n) is 3.73. The van der Waals surface area contributed by atoms with E-state index in [4.69, 9.17) is 16.0 Å². The van der Waals surface area contributed by atoms with E-state index >= 15 is 0 Å². The van der Waals surface area contributed by atoms with Gasteiger partial charge in [-0.2, -0.15) is 0 Å². The highest BCUT2D eigenvalue weighted by molar-refractivity contribution is 6.33. The minimum Gasteiger partial charge on any atom is -0.455 e. The second kappa shape index (κ2) is 7.21. The summed E-state index contributed by atoms with van der Waals surface area (Å²) in [7, 11) is 0. The third kappa shape index (κ3) is 2.96. The van der Waals surface area contributed by atoms with Crippen LogP contribution in [0.15, 0.2) is 89.3 Å². The monoisotopic (exact) mass is 414 g/mol. The van der Waals surface area contributed by atoms with Gasteiger partial charge in [-0.05, 0) is 30.3 Å². The average Bonchev–Trinajstić information content (AvgIpc) is 3.14. The average molecular weight is 415 g/mol. The number of nitrogens with one attached hydrogen (secondary N) is 1. The van der Waals surface area contributed by atoms with Crippen molar-refractivity contribution < 1.29 is 9.34 Å². The largest absolute Gasteiger partial charge is 0.455 e. The van der Waals surface area contributed by atoms with Crippen LogP contribution in [0.2, 0.25) is 5.02 Å². The molecule has 1 heterocycles. The van der Waals surface area contributed by atoms with E-state index in [1.165, 1.54) is 0 Å². The van der Waals surface area contributed by atoms with Crippen LogP contribution in [0, 0.1) is 10.1 Å². The molecule has 0 bridgehead atoms. The molecule has 1 aromatic heterocycles. The minimum absolute atomic E-state index is 0.0367. The van der Waals surface area contributed by atoms with Crippen molar-refractivity contribution in [1.29, 1.82) is 0 Å². The summed E-state index contributed by atoms with van der Waals surface area (Å²) in [5, 5.41) is 17.6. The number of nitro benzene ring substituents is 1. The maximum Gasteiger partial charge on any atom is 0.300 e. The number of hydrogen-bond acceptors (Lipinski definition) is 4. The molecule has 30 heavy (non-hydrogen) atoms. The predicted octanol–water partition coefficient (Wildman–Crippen LogP) is 7.56. The van der Waals surface area contributed by atoms with Gasteiger partial charge >= 0.3 is 5.69 Å². The van der Waals surface area contributed by atoms with Crippen LogP contribution in [0.3, 0.4) is 0 Å². The van der Waals surface area contributed by atoms with Crippen molar-refractivity contribution in [3.8, 4) is 11.1 Å². The molecule has 5 rings (SSSR count). The summed E-state index contributed by atoms with van der Waals surface area (Å²) in [6.45, 7) is 0. The normalized spacial score (nSPS) is 11.1. The van der Waals surface area contributed by atoms with Crippen molar-refractivity contribution in [2.24, 2.45) is 0 Å². The molecule has 0 radical (unpaired) electrons. The Morgan fingerprint density at radius 3 is 2.27 bits per heavy atom. The molecular formula is C24H15ClN2O3. The zero-order valence-corrected chi connectivity index (χ0v) is 16.4. The SMILES string of the molecule is O=[N+]([O-])c1c(Nc2ccccc2Cl)cccc1-c1cccc2c1oc1ccccc12. The topological polar surface area (TPSA) is 68.3 Å². The van der Waals surface area contributed by atoms with E-state index in [-0.39, 0.29) is 10.6 Å². The number of benzene rings is 4. The van der Waals surface area contributed by atoms with Gasteiger partial charge in [0, 0.05) is 16.3 Å². The fraction of sp³-hybridized carbons (Fsp3) is 0. The molecule has 0 aliphatic rings. The number of halogens is 1. The Balaban J connectivity index is 1.74. The van der Waals surface area contributed by atoms with Crippen molar-refractivity contribution in [2.45, 2.75) is 0 Å². The van der Waals surface area contributed by atoms with E-state index in [0.717, 1.165) is 16.4 Å². The van der Waals surface area contributed by atoms with Crippen molar-refractivity contribution in [3.05, 3.63) is 100 Å². The Bertz CT molecular complexity index is 1420. The van der Waals surface area contributed by atoms with E-state index in [0.29, 0.717) is 33.1 Å². The molecule has 0 spiro atoms. The molecule has 0 amide bonds. The zero-order chi connectivity index (χ0) is 20.7. The smallest absolute Gasteiger partial charge is 0.300 e. The highest BCUT2D eigenvalue weighted by Gasteiger charge is 2.24. The number of fused-ring (bicyclic) bond motifs is 3. The van der Waals surface area contributed by atoms with E-state index in [1.54, 1.807) is 36.4 Å². The number of hydrogen-bond donors (Lipinski definition) is 1. The summed E-state index contributed by atoms with van der Waals surface area (Å²) in [6, 6.07) is 25.7. The van der Waals surface area contributed by atoms with Gasteiger partial charge in [-0.1, -0.05) is 66.2 Å². The zero-order valence-electron chi connectivity index (χ0n) is 15.6. The summed E-state index contributed by atoms with van der Waals surface area (Å²) in [5.74, 6) is 0. The molecule has 0 saturated heterocycles. The summed E-state index contributed by atoms with van der Waals surface area (Å²) >= 11 is 6.24. The molecule has 4 aromatic carbocycles. The van der Waals surface area contributed by atoms with Crippen molar-refractivity contribution >= 4 is 50.6 Å². The van der Waals surface area contributed by atoms with Crippen molar-refractivity contribution in [3.63, 3.8) is 0 Å². The van der Waals surface area contributed by atoms with Gasteiger partial charge in [0.2, 0.25) is 0 Å². The van der Waals surface area contributed by atoms with Gasteiger partial charge in [-0.15, -0.1) is 0 Å². The molecule has 1 N–H and O–H groups in total. The van der Waals surface area contributed by atoms with Gasteiger partial charge in [0.25, 0.3) is 0 Å². The first-order chi connectivity index (χ1) is 14.6. The van der Waals surface area contributed by atoms with Crippen molar-refractivity contribution in [1.82, 2.24) is 0 Å². The van der Waals surface area contributed by atoms with Crippen LogP contribution in [-0.4, -0.2) is 4.92 Å². The molecule has 146 valence electrons. The Labute approximate surface area is 176 Å². The first-order valence-corrected chi connectivity index (χ1v) is 9.71. The van der Waals surface area contributed by atoms with Gasteiger partial charge in [0.1, 0.15) is 16.9 Å². The lowest BCUT2D eigenvalue weighted by atomic mass is 10.00. The predicted molar refractivity (Wildman–Crippen MR) is 121 cm³/mol. The number of nitro groups is 1. The lowest BCUT2D eigenvalue weighted by molar-refractivity contribution is -0.383. The molecule has 0 unspecified atom stereocenters. The first kappa shape index (κ1) is 18.2. The second-order valence-electron chi connectivity index (χ2n) is 6.84. The fourth-order valence-corrected chi connectivity index (χ4v) is 3.91. The van der Waals surface area contributed by atoms with Crippen LogP contribution >= 0.6 is 11.6 Å². The highest BCUT2D eigenvalue weighted by atomic mass is 35.5. The van der Waals surface area contributed by atoms with Crippen LogP contribution in [0.5, 0.6) is 0 Å². The standard InChI is InChI=1S/C24H15ClN2O3/c25-19-11-2-3-12-20(19)26-21-13-6-8-16(23(21)27(28)29)18-10-5-9-17-15-7-1-4-14-22(15)30-24(17)18/h1-14,26H. The number of furan rings is 1. The Morgan fingerprint density at radius 1 is 0.767 bits per heavy atom. The van der Waals surface area contributed by atoms with Crippen LogP contribution < -0.4 is 5.32 Å². The molecule has 0 fully saturated rings. The van der Waals surface area contributed by atoms with Crippen LogP contribution in [0.4, 0.5) is 17.1 Å². The number of para-hydroxylation sites is 4. The van der Waals surface area contributed by atoms with Gasteiger partial charge in [-0.3, -0.25) is 10.1 Å². The summed E-state index contributed by atoms with van der Waals surface area (Å²) < 4.78 is 6.09. The third-order valence-electron chi connectivity index (χ3n) is 5.06. The molecule has 5 nitrogen and oxygen atoms in total. The Hall–Kier alpha value is -3.83. The summed E-state index contributed by atoms with van der Waals surface area (Å²) in [4.78, 5) is 11.7. The second-order valence-corrected chi connectivity index (χ2v) is 7.25. The third-order valence-corrected chi connectivity index (χ3v) is 5.39. The van der Waals surface area contributed by atoms with Crippen LogP contribution in [0.25, 0.3) is 33.1 Å². The molecule has 0 atom stereocenters. The van der Waals surface area contributed by atoms with E-state index in [1.807, 2.05) is 48.5 Å². The summed E-state index contributed by atoms with van der Waals surface area (Å²) in [5.41, 5.74) is 3.43. The molecule has 0 aliphatic heterocycles. The quantitative estimate of drug-likeness (QED) is 0.243. The highest BCUT2D eigenvalue weighted by Crippen LogP contribution is 2.42. The van der Waals surface area contributed by atoms with Crippen LogP contribution in [0.1, 0.15) is 0 Å². The Kier molecular flexibility index (Phi) is 4.38. The Morgan fingerprint density at radius 2 is 1.43 bits per heavy atom. The van der Waals surface area contributed by atoms with Gasteiger partial charge < -0.3 is 9.73 Å². The summed E-state index contributed by atoms with van der Waals surface area (Å²) in [6.07, 6.45) is 0. The lowest BCUT2D eigenvalue weighted by Crippen LogP contribution is -1.99. The van der Waals surface area contributed by atoms with Crippen molar-refractivity contribution in [2.75, 3.05) is 5.32 Å². The molecule has 0 saturated carbocycles. The van der Waals surface area contributed by atoms with E-state index in [9.17, 15) is 10.1 Å². The molecule has 6 heteroatoms. The number of anilines is 2. The minimum atomic E-state index is -0.379. The maximum absolute atomic E-state index is 12.1. The van der Waals surface area contributed by atoms with Crippen LogP contribution in [-0.2, 0) is 0 Å². The lowest BCUT2D eigenvalue weighted by Gasteiger charge is -2.12. The van der Waals surface area contributed by atoms with Gasteiger partial charge in [0.05, 0.1) is 21.2 Å².